The lowest BCUT2D eigenvalue weighted by Gasteiger charge is -2.35. The number of piperazine rings is 1. The molecule has 2 fully saturated rings. The lowest BCUT2D eigenvalue weighted by Crippen LogP contribution is -2.54. The van der Waals surface area contributed by atoms with Crippen molar-refractivity contribution in [3.05, 3.63) is 94.8 Å². The lowest BCUT2D eigenvalue weighted by atomic mass is 9.81. The molecule has 224 valence electrons. The number of carbonyl (C=O) groups excluding carboxylic acids is 1. The van der Waals surface area contributed by atoms with E-state index in [4.69, 9.17) is 0 Å². The standard InChI is InChI=1S/C30H32F4N4O3S/c1-18(29(19-2-4-21(31)5-3-19)20-12-22(32)14-23(33)13-20)30(39)37-28-17-36-16-27(34)26(28)9-6-24-15-35-10-11-38(24)42(40,41)25-7-8-25/h2-5,12-14,16-18,24-25,29,35H,6-11,15H2,1H3,(H,37,39)/t18-,24-,29-/m0/s1. The summed E-state index contributed by atoms with van der Waals surface area (Å²) in [6.45, 7) is 2.87. The van der Waals surface area contributed by atoms with Gasteiger partial charge in [0.05, 0.1) is 23.3 Å². The van der Waals surface area contributed by atoms with Crippen LogP contribution in [-0.2, 0) is 21.2 Å². The number of rotatable bonds is 10. The van der Waals surface area contributed by atoms with Gasteiger partial charge in [-0.15, -0.1) is 0 Å². The molecule has 0 unspecified atom stereocenters. The van der Waals surface area contributed by atoms with Crippen molar-refractivity contribution >= 4 is 21.6 Å². The Bertz CT molecular complexity index is 1530. The first-order valence-electron chi connectivity index (χ1n) is 13.9. The fraction of sp³-hybridized carbons (Fsp3) is 0.400. The first kappa shape index (κ1) is 30.1. The summed E-state index contributed by atoms with van der Waals surface area (Å²) < 4.78 is 84.5. The van der Waals surface area contributed by atoms with Gasteiger partial charge in [0.25, 0.3) is 0 Å². The summed E-state index contributed by atoms with van der Waals surface area (Å²) in [5.41, 5.74) is 0.940. The number of hydrogen-bond donors (Lipinski definition) is 2. The first-order chi connectivity index (χ1) is 20.0. The molecule has 7 nitrogen and oxygen atoms in total. The molecule has 1 aromatic heterocycles. The van der Waals surface area contributed by atoms with Gasteiger partial charge in [-0.05, 0) is 61.1 Å². The number of anilines is 1. The molecule has 1 amide bonds. The third kappa shape index (κ3) is 6.66. The number of sulfonamides is 1. The van der Waals surface area contributed by atoms with Gasteiger partial charge in [-0.25, -0.2) is 26.0 Å². The Kier molecular flexibility index (Phi) is 8.95. The summed E-state index contributed by atoms with van der Waals surface area (Å²) in [5, 5.41) is 5.57. The molecular weight excluding hydrogens is 572 g/mol. The molecule has 1 aliphatic carbocycles. The van der Waals surface area contributed by atoms with Crippen LogP contribution in [0.2, 0.25) is 0 Å². The summed E-state index contributed by atoms with van der Waals surface area (Å²) in [4.78, 5) is 17.4. The van der Waals surface area contributed by atoms with Crippen LogP contribution in [0.1, 0.15) is 48.8 Å². The van der Waals surface area contributed by atoms with E-state index in [-0.39, 0.29) is 34.5 Å². The van der Waals surface area contributed by atoms with Crippen molar-refractivity contribution in [2.24, 2.45) is 5.92 Å². The Balaban J connectivity index is 1.37. The maximum Gasteiger partial charge on any atom is 0.228 e. The molecular formula is C30H32F4N4O3S. The molecule has 0 bridgehead atoms. The fourth-order valence-corrected chi connectivity index (χ4v) is 7.66. The van der Waals surface area contributed by atoms with Crippen molar-refractivity contribution in [2.75, 3.05) is 25.0 Å². The zero-order valence-corrected chi connectivity index (χ0v) is 23.8. The predicted octanol–water partition coefficient (Wildman–Crippen LogP) is 4.74. The molecule has 0 spiro atoms. The number of pyridine rings is 1. The minimum atomic E-state index is -3.42. The number of nitrogens with zero attached hydrogens (tertiary/aromatic N) is 2. The van der Waals surface area contributed by atoms with Gasteiger partial charge in [-0.1, -0.05) is 19.1 Å². The number of nitrogens with one attached hydrogen (secondary N) is 2. The van der Waals surface area contributed by atoms with Crippen LogP contribution in [0, 0.1) is 29.2 Å². The fourth-order valence-electron chi connectivity index (χ4n) is 5.61. The van der Waals surface area contributed by atoms with E-state index < -0.39 is 51.0 Å². The number of hydrogen-bond acceptors (Lipinski definition) is 5. The number of amides is 1. The maximum absolute atomic E-state index is 15.1. The SMILES string of the molecule is C[C@H](C(=O)Nc1cncc(F)c1CC[C@H]1CNCCN1S(=O)(=O)C1CC1)[C@@H](c1ccc(F)cc1)c1cc(F)cc(F)c1. The first-order valence-corrected chi connectivity index (χ1v) is 15.4. The van der Waals surface area contributed by atoms with E-state index in [1.165, 1.54) is 34.8 Å². The smallest absolute Gasteiger partial charge is 0.228 e. The third-order valence-corrected chi connectivity index (χ3v) is 10.4. The monoisotopic (exact) mass is 604 g/mol. The highest BCUT2D eigenvalue weighted by atomic mass is 32.2. The average Bonchev–Trinajstić information content (AvgIpc) is 3.80. The van der Waals surface area contributed by atoms with Gasteiger partial charge in [0.15, 0.2) is 0 Å². The molecule has 1 aliphatic heterocycles. The minimum Gasteiger partial charge on any atom is -0.324 e. The van der Waals surface area contributed by atoms with Crippen LogP contribution in [0.25, 0.3) is 0 Å². The van der Waals surface area contributed by atoms with Crippen LogP contribution in [0.15, 0.2) is 54.9 Å². The highest BCUT2D eigenvalue weighted by molar-refractivity contribution is 7.90. The quantitative estimate of drug-likeness (QED) is 0.326. The predicted molar refractivity (Wildman–Crippen MR) is 150 cm³/mol. The maximum atomic E-state index is 15.1. The zero-order valence-electron chi connectivity index (χ0n) is 23.0. The van der Waals surface area contributed by atoms with Crippen molar-refractivity contribution in [1.29, 1.82) is 0 Å². The second-order valence-corrected chi connectivity index (χ2v) is 13.1. The van der Waals surface area contributed by atoms with Gasteiger partial charge in [0, 0.05) is 49.1 Å². The van der Waals surface area contributed by atoms with E-state index in [0.717, 1.165) is 24.4 Å². The number of aromatic nitrogens is 1. The number of benzene rings is 2. The Morgan fingerprint density at radius 1 is 1.02 bits per heavy atom. The van der Waals surface area contributed by atoms with Crippen molar-refractivity contribution < 1.29 is 30.8 Å². The largest absolute Gasteiger partial charge is 0.324 e. The molecule has 3 aromatic rings. The van der Waals surface area contributed by atoms with Gasteiger partial charge < -0.3 is 10.6 Å². The summed E-state index contributed by atoms with van der Waals surface area (Å²) in [7, 11) is -3.42. The van der Waals surface area contributed by atoms with Crippen LogP contribution in [-0.4, -0.2) is 54.5 Å². The highest BCUT2D eigenvalue weighted by Crippen LogP contribution is 2.35. The topological polar surface area (TPSA) is 91.4 Å². The van der Waals surface area contributed by atoms with Crippen LogP contribution in [0.5, 0.6) is 0 Å². The molecule has 2 heterocycles. The molecule has 2 aliphatic rings. The Morgan fingerprint density at radius 2 is 1.71 bits per heavy atom. The van der Waals surface area contributed by atoms with E-state index in [9.17, 15) is 26.4 Å². The van der Waals surface area contributed by atoms with E-state index in [1.807, 2.05) is 0 Å². The van der Waals surface area contributed by atoms with Crippen molar-refractivity contribution in [2.45, 2.75) is 49.8 Å². The lowest BCUT2D eigenvalue weighted by molar-refractivity contribution is -0.119. The van der Waals surface area contributed by atoms with Crippen molar-refractivity contribution in [3.63, 3.8) is 0 Å². The van der Waals surface area contributed by atoms with E-state index in [1.54, 1.807) is 6.92 Å². The molecule has 12 heteroatoms. The highest BCUT2D eigenvalue weighted by Gasteiger charge is 2.43. The van der Waals surface area contributed by atoms with Crippen LogP contribution in [0.3, 0.4) is 0 Å². The van der Waals surface area contributed by atoms with Gasteiger partial charge in [-0.2, -0.15) is 4.31 Å². The number of carbonyl (C=O) groups is 1. The molecule has 3 atom stereocenters. The van der Waals surface area contributed by atoms with Crippen LogP contribution >= 0.6 is 0 Å². The van der Waals surface area contributed by atoms with Gasteiger partial charge in [-0.3, -0.25) is 9.78 Å². The average molecular weight is 605 g/mol. The second-order valence-electron chi connectivity index (χ2n) is 10.9. The normalized spacial score (nSPS) is 19.3. The second kappa shape index (κ2) is 12.5. The summed E-state index contributed by atoms with van der Waals surface area (Å²) in [5.74, 6) is -5.15. The van der Waals surface area contributed by atoms with Gasteiger partial charge in [0.1, 0.15) is 23.3 Å². The number of halogens is 4. The summed E-state index contributed by atoms with van der Waals surface area (Å²) in [6, 6.07) is 7.88. The van der Waals surface area contributed by atoms with Gasteiger partial charge >= 0.3 is 0 Å². The molecule has 1 saturated heterocycles. The zero-order chi connectivity index (χ0) is 30.0. The Morgan fingerprint density at radius 3 is 2.38 bits per heavy atom. The molecule has 2 N–H and O–H groups in total. The van der Waals surface area contributed by atoms with Crippen LogP contribution < -0.4 is 10.6 Å². The minimum absolute atomic E-state index is 0.121. The molecule has 1 saturated carbocycles. The van der Waals surface area contributed by atoms with Crippen molar-refractivity contribution in [3.8, 4) is 0 Å². The van der Waals surface area contributed by atoms with E-state index >= 15 is 4.39 Å². The third-order valence-electron chi connectivity index (χ3n) is 7.95. The van der Waals surface area contributed by atoms with E-state index in [2.05, 4.69) is 15.6 Å². The van der Waals surface area contributed by atoms with Crippen molar-refractivity contribution in [1.82, 2.24) is 14.6 Å². The van der Waals surface area contributed by atoms with Gasteiger partial charge in [0.2, 0.25) is 15.9 Å². The van der Waals surface area contributed by atoms with Crippen LogP contribution in [0.4, 0.5) is 23.2 Å². The molecule has 5 rings (SSSR count). The Hall–Kier alpha value is -3.35. The summed E-state index contributed by atoms with van der Waals surface area (Å²) >= 11 is 0. The summed E-state index contributed by atoms with van der Waals surface area (Å²) in [6.07, 6.45) is 4.09. The molecule has 2 aromatic carbocycles. The Labute approximate surface area is 242 Å². The molecule has 42 heavy (non-hydrogen) atoms. The van der Waals surface area contributed by atoms with E-state index in [0.29, 0.717) is 44.5 Å². The molecule has 0 radical (unpaired) electrons.